The first-order valence-corrected chi connectivity index (χ1v) is 5.66. The van der Waals surface area contributed by atoms with Gasteiger partial charge in [-0.15, -0.1) is 10.2 Å². The maximum atomic E-state index is 3.89. The topological polar surface area (TPSA) is 66.5 Å². The molecule has 0 saturated carbocycles. The smallest absolute Gasteiger partial charge is 0.188 e. The lowest BCUT2D eigenvalue weighted by molar-refractivity contribution is 0.661. The summed E-state index contributed by atoms with van der Waals surface area (Å²) in [5.41, 5.74) is 5.29. The number of aromatic nitrogens is 4. The zero-order chi connectivity index (χ0) is 12.3. The van der Waals surface area contributed by atoms with Crippen LogP contribution in [-0.4, -0.2) is 20.6 Å². The van der Waals surface area contributed by atoms with E-state index in [1.165, 1.54) is 22.3 Å². The van der Waals surface area contributed by atoms with E-state index in [-0.39, 0.29) is 0 Å². The van der Waals surface area contributed by atoms with Gasteiger partial charge in [-0.2, -0.15) is 5.21 Å². The number of H-pyrrole nitrogens is 1. The summed E-state index contributed by atoms with van der Waals surface area (Å²) < 4.78 is 0. The van der Waals surface area contributed by atoms with Gasteiger partial charge in [0, 0.05) is 6.54 Å². The van der Waals surface area contributed by atoms with Gasteiger partial charge in [-0.05, 0) is 43.0 Å². The van der Waals surface area contributed by atoms with Gasteiger partial charge < -0.3 is 5.32 Å². The Hall–Kier alpha value is -1.75. The van der Waals surface area contributed by atoms with Crippen molar-refractivity contribution in [2.75, 3.05) is 0 Å². The van der Waals surface area contributed by atoms with E-state index in [0.29, 0.717) is 12.4 Å². The van der Waals surface area contributed by atoms with Crippen LogP contribution in [0.1, 0.15) is 28.1 Å². The van der Waals surface area contributed by atoms with Gasteiger partial charge in [0.1, 0.15) is 0 Å². The minimum Gasteiger partial charge on any atom is -0.306 e. The summed E-state index contributed by atoms with van der Waals surface area (Å²) in [5.74, 6) is 0.687. The van der Waals surface area contributed by atoms with Crippen LogP contribution in [0.25, 0.3) is 0 Å². The second-order valence-corrected chi connectivity index (χ2v) is 4.29. The largest absolute Gasteiger partial charge is 0.306 e. The maximum absolute atomic E-state index is 3.89. The van der Waals surface area contributed by atoms with Gasteiger partial charge in [0.2, 0.25) is 0 Å². The first-order chi connectivity index (χ1) is 8.16. The first kappa shape index (κ1) is 11.7. The minimum atomic E-state index is 0.628. The molecule has 0 spiro atoms. The molecule has 17 heavy (non-hydrogen) atoms. The van der Waals surface area contributed by atoms with Crippen LogP contribution < -0.4 is 5.32 Å². The van der Waals surface area contributed by atoms with E-state index in [4.69, 9.17) is 0 Å². The average Bonchev–Trinajstić information content (AvgIpc) is 2.78. The Morgan fingerprint density at radius 2 is 1.82 bits per heavy atom. The third kappa shape index (κ3) is 2.88. The lowest BCUT2D eigenvalue weighted by Crippen LogP contribution is -2.14. The number of tetrazole rings is 1. The molecule has 0 aliphatic carbocycles. The second kappa shape index (κ2) is 5.05. The number of hydrogen-bond acceptors (Lipinski definition) is 4. The number of aromatic amines is 1. The molecule has 2 aromatic rings. The van der Waals surface area contributed by atoms with Crippen molar-refractivity contribution in [3.05, 3.63) is 40.2 Å². The molecule has 2 rings (SSSR count). The van der Waals surface area contributed by atoms with Crippen molar-refractivity contribution >= 4 is 0 Å². The Morgan fingerprint density at radius 3 is 2.53 bits per heavy atom. The number of benzene rings is 1. The molecule has 0 atom stereocenters. The SMILES string of the molecule is Cc1cc(C)c(CNCc2nn[nH]n2)cc1C. The van der Waals surface area contributed by atoms with Gasteiger partial charge in [-0.25, -0.2) is 0 Å². The molecule has 0 radical (unpaired) electrons. The molecule has 1 aromatic carbocycles. The predicted molar refractivity (Wildman–Crippen MR) is 65.4 cm³/mol. The maximum Gasteiger partial charge on any atom is 0.188 e. The Bertz CT molecular complexity index is 490. The van der Waals surface area contributed by atoms with Crippen LogP contribution in [0.2, 0.25) is 0 Å². The summed E-state index contributed by atoms with van der Waals surface area (Å²) in [6, 6.07) is 4.45. The minimum absolute atomic E-state index is 0.628. The van der Waals surface area contributed by atoms with E-state index < -0.39 is 0 Å². The average molecular weight is 231 g/mol. The third-order valence-electron chi connectivity index (χ3n) is 2.94. The van der Waals surface area contributed by atoms with Gasteiger partial charge in [-0.1, -0.05) is 17.3 Å². The molecule has 0 fully saturated rings. The fourth-order valence-electron chi connectivity index (χ4n) is 1.78. The van der Waals surface area contributed by atoms with Gasteiger partial charge >= 0.3 is 0 Å². The number of hydrogen-bond donors (Lipinski definition) is 2. The Balaban J connectivity index is 1.97. The van der Waals surface area contributed by atoms with E-state index in [1.807, 2.05) is 0 Å². The van der Waals surface area contributed by atoms with Crippen LogP contribution in [0.3, 0.4) is 0 Å². The fraction of sp³-hybridized carbons (Fsp3) is 0.417. The summed E-state index contributed by atoms with van der Waals surface area (Å²) >= 11 is 0. The van der Waals surface area contributed by atoms with Crippen molar-refractivity contribution < 1.29 is 0 Å². The van der Waals surface area contributed by atoms with Crippen molar-refractivity contribution in [1.29, 1.82) is 0 Å². The van der Waals surface area contributed by atoms with E-state index in [1.54, 1.807) is 0 Å². The van der Waals surface area contributed by atoms with E-state index in [9.17, 15) is 0 Å². The zero-order valence-electron chi connectivity index (χ0n) is 10.4. The van der Waals surface area contributed by atoms with Crippen molar-refractivity contribution in [3.8, 4) is 0 Å². The number of nitrogens with zero attached hydrogens (tertiary/aromatic N) is 3. The zero-order valence-corrected chi connectivity index (χ0v) is 10.4. The Kier molecular flexibility index (Phi) is 3.49. The normalized spacial score (nSPS) is 10.8. The summed E-state index contributed by atoms with van der Waals surface area (Å²) in [6.45, 7) is 7.86. The monoisotopic (exact) mass is 231 g/mol. The molecule has 0 bridgehead atoms. The summed E-state index contributed by atoms with van der Waals surface area (Å²) in [4.78, 5) is 0. The van der Waals surface area contributed by atoms with E-state index >= 15 is 0 Å². The number of nitrogens with one attached hydrogen (secondary N) is 2. The van der Waals surface area contributed by atoms with Gasteiger partial charge in [0.25, 0.3) is 0 Å². The Morgan fingerprint density at radius 1 is 1.06 bits per heavy atom. The molecule has 0 saturated heterocycles. The number of rotatable bonds is 4. The predicted octanol–water partition coefficient (Wildman–Crippen LogP) is 1.41. The highest BCUT2D eigenvalue weighted by Crippen LogP contribution is 2.15. The highest BCUT2D eigenvalue weighted by molar-refractivity contribution is 5.36. The van der Waals surface area contributed by atoms with Crippen LogP contribution in [0.4, 0.5) is 0 Å². The molecular formula is C12H17N5. The molecule has 1 aromatic heterocycles. The third-order valence-corrected chi connectivity index (χ3v) is 2.94. The molecule has 0 aliphatic rings. The van der Waals surface area contributed by atoms with Gasteiger partial charge in [-0.3, -0.25) is 0 Å². The van der Waals surface area contributed by atoms with Gasteiger partial charge in [0.05, 0.1) is 6.54 Å². The van der Waals surface area contributed by atoms with Crippen molar-refractivity contribution in [2.24, 2.45) is 0 Å². The fourth-order valence-corrected chi connectivity index (χ4v) is 1.78. The van der Waals surface area contributed by atoms with Crippen LogP contribution in [0, 0.1) is 20.8 Å². The van der Waals surface area contributed by atoms with Crippen LogP contribution in [-0.2, 0) is 13.1 Å². The molecular weight excluding hydrogens is 214 g/mol. The molecule has 0 aliphatic heterocycles. The summed E-state index contributed by atoms with van der Waals surface area (Å²) in [7, 11) is 0. The molecule has 1 heterocycles. The molecule has 90 valence electrons. The van der Waals surface area contributed by atoms with Crippen molar-refractivity contribution in [2.45, 2.75) is 33.9 Å². The van der Waals surface area contributed by atoms with Gasteiger partial charge in [0.15, 0.2) is 5.82 Å². The molecule has 5 nitrogen and oxygen atoms in total. The molecule has 5 heteroatoms. The first-order valence-electron chi connectivity index (χ1n) is 5.66. The molecule has 0 unspecified atom stereocenters. The standard InChI is InChI=1S/C12H17N5/c1-8-4-10(3)11(5-9(8)2)6-13-7-12-14-16-17-15-12/h4-5,13H,6-7H2,1-3H3,(H,14,15,16,17). The van der Waals surface area contributed by atoms with Crippen LogP contribution in [0.5, 0.6) is 0 Å². The summed E-state index contributed by atoms with van der Waals surface area (Å²) in [6.07, 6.45) is 0. The van der Waals surface area contributed by atoms with Crippen molar-refractivity contribution in [1.82, 2.24) is 25.9 Å². The van der Waals surface area contributed by atoms with Crippen LogP contribution in [0.15, 0.2) is 12.1 Å². The van der Waals surface area contributed by atoms with Crippen LogP contribution >= 0.6 is 0 Å². The van der Waals surface area contributed by atoms with E-state index in [0.717, 1.165) is 6.54 Å². The molecule has 2 N–H and O–H groups in total. The highest BCUT2D eigenvalue weighted by atomic mass is 15.5. The number of aryl methyl sites for hydroxylation is 3. The Labute approximate surface area is 101 Å². The summed E-state index contributed by atoms with van der Waals surface area (Å²) in [5, 5.41) is 17.0. The van der Waals surface area contributed by atoms with E-state index in [2.05, 4.69) is 58.8 Å². The highest BCUT2D eigenvalue weighted by Gasteiger charge is 2.02. The van der Waals surface area contributed by atoms with Crippen molar-refractivity contribution in [3.63, 3.8) is 0 Å². The lowest BCUT2D eigenvalue weighted by Gasteiger charge is -2.10. The second-order valence-electron chi connectivity index (χ2n) is 4.29. The molecule has 0 amide bonds. The lowest BCUT2D eigenvalue weighted by atomic mass is 10.0. The quantitative estimate of drug-likeness (QED) is 0.835.